The Labute approximate surface area is 106 Å². The molecule has 0 bridgehead atoms. The first kappa shape index (κ1) is 12.8. The zero-order valence-electron chi connectivity index (χ0n) is 9.70. The van der Waals surface area contributed by atoms with E-state index < -0.39 is 0 Å². The molecule has 1 N–H and O–H groups in total. The fourth-order valence-corrected chi connectivity index (χ4v) is 2.57. The molecule has 0 saturated carbocycles. The first-order chi connectivity index (χ1) is 8.20. The summed E-state index contributed by atoms with van der Waals surface area (Å²) in [5.74, 6) is 0.211. The van der Waals surface area contributed by atoms with Crippen molar-refractivity contribution >= 4 is 11.6 Å². The summed E-state index contributed by atoms with van der Waals surface area (Å²) in [6.45, 7) is 2.91. The van der Waals surface area contributed by atoms with E-state index in [2.05, 4.69) is 4.90 Å². The van der Waals surface area contributed by atoms with Crippen molar-refractivity contribution in [1.82, 2.24) is 4.90 Å². The molecule has 2 rings (SSSR count). The lowest BCUT2D eigenvalue weighted by molar-refractivity contribution is 0.249. The van der Waals surface area contributed by atoms with Crippen LogP contribution in [0.15, 0.2) is 18.2 Å². The van der Waals surface area contributed by atoms with Crippen molar-refractivity contribution in [1.29, 1.82) is 0 Å². The zero-order valence-corrected chi connectivity index (χ0v) is 10.5. The van der Waals surface area contributed by atoms with E-state index in [1.807, 2.05) is 6.07 Å². The maximum atomic E-state index is 13.3. The molecule has 94 valence electrons. The Kier molecular flexibility index (Phi) is 4.37. The Bertz CT molecular complexity index is 386. The van der Waals surface area contributed by atoms with Gasteiger partial charge in [0.25, 0.3) is 0 Å². The summed E-state index contributed by atoms with van der Waals surface area (Å²) in [4.78, 5) is 2.26. The van der Waals surface area contributed by atoms with Crippen LogP contribution in [0.25, 0.3) is 0 Å². The molecular formula is C13H17ClFNO. The van der Waals surface area contributed by atoms with Gasteiger partial charge in [0, 0.05) is 19.7 Å². The summed E-state index contributed by atoms with van der Waals surface area (Å²) in [6.07, 6.45) is 1.96. The molecule has 1 aliphatic heterocycles. The van der Waals surface area contributed by atoms with Gasteiger partial charge >= 0.3 is 0 Å². The SMILES string of the molecule is OCCC1CCN(Cc2cccc(F)c2Cl)C1. The number of nitrogens with zero attached hydrogens (tertiary/aromatic N) is 1. The number of aliphatic hydroxyl groups excluding tert-OH is 1. The van der Waals surface area contributed by atoms with Crippen molar-refractivity contribution in [2.24, 2.45) is 5.92 Å². The first-order valence-corrected chi connectivity index (χ1v) is 6.34. The van der Waals surface area contributed by atoms with Crippen LogP contribution >= 0.6 is 11.6 Å². The normalized spacial score (nSPS) is 21.0. The molecule has 4 heteroatoms. The van der Waals surface area contributed by atoms with E-state index in [1.54, 1.807) is 6.07 Å². The van der Waals surface area contributed by atoms with Gasteiger partial charge in [0.15, 0.2) is 0 Å². The van der Waals surface area contributed by atoms with Crippen molar-refractivity contribution in [3.8, 4) is 0 Å². The van der Waals surface area contributed by atoms with Crippen LogP contribution in [-0.2, 0) is 6.54 Å². The minimum Gasteiger partial charge on any atom is -0.396 e. The van der Waals surface area contributed by atoms with Gasteiger partial charge in [-0.05, 0) is 36.9 Å². The molecule has 1 saturated heterocycles. The van der Waals surface area contributed by atoms with Crippen molar-refractivity contribution in [2.75, 3.05) is 19.7 Å². The van der Waals surface area contributed by atoms with Crippen LogP contribution < -0.4 is 0 Å². The average Bonchev–Trinajstić information content (AvgIpc) is 2.73. The van der Waals surface area contributed by atoms with Gasteiger partial charge in [0.2, 0.25) is 0 Å². The summed E-state index contributed by atoms with van der Waals surface area (Å²) in [6, 6.07) is 4.94. The monoisotopic (exact) mass is 257 g/mol. The molecule has 1 aromatic carbocycles. The van der Waals surface area contributed by atoms with Gasteiger partial charge < -0.3 is 5.11 Å². The summed E-state index contributed by atoms with van der Waals surface area (Å²) in [5.41, 5.74) is 0.844. The zero-order chi connectivity index (χ0) is 12.3. The molecule has 1 heterocycles. The number of hydrogen-bond donors (Lipinski definition) is 1. The van der Waals surface area contributed by atoms with Gasteiger partial charge in [-0.3, -0.25) is 4.90 Å². The van der Waals surface area contributed by atoms with E-state index in [1.165, 1.54) is 6.07 Å². The van der Waals surface area contributed by atoms with Crippen LogP contribution in [-0.4, -0.2) is 29.7 Å². The molecule has 0 spiro atoms. The highest BCUT2D eigenvalue weighted by Gasteiger charge is 2.22. The maximum absolute atomic E-state index is 13.3. The fourth-order valence-electron chi connectivity index (χ4n) is 2.39. The number of halogens is 2. The molecule has 1 atom stereocenters. The highest BCUT2D eigenvalue weighted by atomic mass is 35.5. The average molecular weight is 258 g/mol. The summed E-state index contributed by atoms with van der Waals surface area (Å²) >= 11 is 5.93. The van der Waals surface area contributed by atoms with Gasteiger partial charge in [0.05, 0.1) is 5.02 Å². The Balaban J connectivity index is 1.96. The van der Waals surface area contributed by atoms with E-state index in [4.69, 9.17) is 16.7 Å². The Hall–Kier alpha value is -0.640. The largest absolute Gasteiger partial charge is 0.396 e. The third kappa shape index (κ3) is 3.18. The number of hydrogen-bond acceptors (Lipinski definition) is 2. The molecule has 1 aliphatic rings. The van der Waals surface area contributed by atoms with Crippen molar-refractivity contribution in [3.05, 3.63) is 34.6 Å². The Morgan fingerprint density at radius 2 is 2.29 bits per heavy atom. The third-order valence-corrected chi connectivity index (χ3v) is 3.76. The van der Waals surface area contributed by atoms with Gasteiger partial charge in [-0.15, -0.1) is 0 Å². The first-order valence-electron chi connectivity index (χ1n) is 5.97. The lowest BCUT2D eigenvalue weighted by Gasteiger charge is -2.16. The van der Waals surface area contributed by atoms with Crippen LogP contribution in [0.5, 0.6) is 0 Å². The lowest BCUT2D eigenvalue weighted by atomic mass is 10.1. The molecule has 1 aromatic rings. The van der Waals surface area contributed by atoms with Crippen LogP contribution in [0, 0.1) is 11.7 Å². The molecule has 1 unspecified atom stereocenters. The van der Waals surface area contributed by atoms with Gasteiger partial charge in [0.1, 0.15) is 5.82 Å². The summed E-state index contributed by atoms with van der Waals surface area (Å²) < 4.78 is 13.3. The predicted molar refractivity (Wildman–Crippen MR) is 66.5 cm³/mol. The molecule has 0 aliphatic carbocycles. The highest BCUT2D eigenvalue weighted by Crippen LogP contribution is 2.25. The second kappa shape index (κ2) is 5.80. The van der Waals surface area contributed by atoms with Crippen molar-refractivity contribution in [3.63, 3.8) is 0 Å². The maximum Gasteiger partial charge on any atom is 0.142 e. The smallest absolute Gasteiger partial charge is 0.142 e. The molecule has 0 amide bonds. The van der Waals surface area contributed by atoms with E-state index in [-0.39, 0.29) is 17.4 Å². The highest BCUT2D eigenvalue weighted by molar-refractivity contribution is 6.31. The van der Waals surface area contributed by atoms with Crippen molar-refractivity contribution in [2.45, 2.75) is 19.4 Å². The fraction of sp³-hybridized carbons (Fsp3) is 0.538. The van der Waals surface area contributed by atoms with Crippen LogP contribution in [0.2, 0.25) is 5.02 Å². The molecule has 1 fully saturated rings. The summed E-state index contributed by atoms with van der Waals surface area (Å²) in [7, 11) is 0. The molecule has 17 heavy (non-hydrogen) atoms. The number of rotatable bonds is 4. The topological polar surface area (TPSA) is 23.5 Å². The number of benzene rings is 1. The molecular weight excluding hydrogens is 241 g/mol. The molecule has 0 radical (unpaired) electrons. The molecule has 0 aromatic heterocycles. The Morgan fingerprint density at radius 1 is 1.47 bits per heavy atom. The van der Waals surface area contributed by atoms with E-state index in [0.717, 1.165) is 31.5 Å². The quantitative estimate of drug-likeness (QED) is 0.897. The third-order valence-electron chi connectivity index (χ3n) is 3.33. The van der Waals surface area contributed by atoms with Crippen molar-refractivity contribution < 1.29 is 9.50 Å². The second-order valence-electron chi connectivity index (χ2n) is 4.62. The number of likely N-dealkylation sites (tertiary alicyclic amines) is 1. The minimum absolute atomic E-state index is 0.234. The standard InChI is InChI=1S/C13H17ClFNO/c14-13-11(2-1-3-12(13)15)9-16-6-4-10(8-16)5-7-17/h1-3,10,17H,4-9H2. The van der Waals surface area contributed by atoms with Gasteiger partial charge in [-0.2, -0.15) is 0 Å². The number of aliphatic hydroxyl groups is 1. The van der Waals surface area contributed by atoms with Gasteiger partial charge in [-0.25, -0.2) is 4.39 Å². The van der Waals surface area contributed by atoms with E-state index in [9.17, 15) is 4.39 Å². The second-order valence-corrected chi connectivity index (χ2v) is 4.99. The van der Waals surface area contributed by atoms with Crippen LogP contribution in [0.1, 0.15) is 18.4 Å². The van der Waals surface area contributed by atoms with Crippen LogP contribution in [0.4, 0.5) is 4.39 Å². The molecule has 2 nitrogen and oxygen atoms in total. The Morgan fingerprint density at radius 3 is 3.06 bits per heavy atom. The van der Waals surface area contributed by atoms with E-state index in [0.29, 0.717) is 12.5 Å². The van der Waals surface area contributed by atoms with Crippen LogP contribution in [0.3, 0.4) is 0 Å². The van der Waals surface area contributed by atoms with Gasteiger partial charge in [-0.1, -0.05) is 23.7 Å². The minimum atomic E-state index is -0.352. The lowest BCUT2D eigenvalue weighted by Crippen LogP contribution is -2.20. The van der Waals surface area contributed by atoms with E-state index >= 15 is 0 Å². The summed E-state index contributed by atoms with van der Waals surface area (Å²) in [5, 5.41) is 9.13. The predicted octanol–water partition coefficient (Wildman–Crippen LogP) is 2.68.